The van der Waals surface area contributed by atoms with Crippen LogP contribution in [0.5, 0.6) is 0 Å². The third kappa shape index (κ3) is 3.77. The van der Waals surface area contributed by atoms with E-state index in [0.29, 0.717) is 5.56 Å². The molecule has 0 saturated carbocycles. The van der Waals surface area contributed by atoms with Crippen molar-refractivity contribution in [2.45, 2.75) is 24.8 Å². The number of rotatable bonds is 5. The molecular weight excluding hydrogens is 328 g/mol. The molecule has 2 rings (SSSR count). The molecule has 1 heterocycles. The van der Waals surface area contributed by atoms with Gasteiger partial charge in [0.25, 0.3) is 0 Å². The number of hydrogen-bond donors (Lipinski definition) is 2. The fraction of sp³-hybridized carbons (Fsp3) is 0.286. The lowest BCUT2D eigenvalue weighted by molar-refractivity contribution is 0.587. The lowest BCUT2D eigenvalue weighted by Crippen LogP contribution is -2.20. The third-order valence-corrected chi connectivity index (χ3v) is 5.88. The Bertz CT molecular complexity index is 741. The molecule has 0 bridgehead atoms. The number of nitrogens with one attached hydrogen (secondary N) is 2. The molecule has 4 nitrogen and oxygen atoms in total. The first-order chi connectivity index (χ1) is 9.83. The molecule has 0 aliphatic carbocycles. The van der Waals surface area contributed by atoms with Crippen LogP contribution in [0.3, 0.4) is 0 Å². The Balaban J connectivity index is 2.28. The van der Waals surface area contributed by atoms with Crippen molar-refractivity contribution in [2.75, 3.05) is 12.4 Å². The Hall–Kier alpha value is -1.08. The first-order valence-corrected chi connectivity index (χ1v) is 9.12. The summed E-state index contributed by atoms with van der Waals surface area (Å²) in [6.45, 7) is 3.78. The van der Waals surface area contributed by atoms with Crippen LogP contribution < -0.4 is 10.0 Å². The van der Waals surface area contributed by atoms with E-state index in [2.05, 4.69) is 10.0 Å². The van der Waals surface area contributed by atoms with Gasteiger partial charge in [0.2, 0.25) is 10.0 Å². The van der Waals surface area contributed by atoms with Crippen LogP contribution in [0.2, 0.25) is 4.34 Å². The molecule has 7 heteroatoms. The lowest BCUT2D eigenvalue weighted by atomic mass is 10.1. The van der Waals surface area contributed by atoms with Crippen LogP contribution in [0.4, 0.5) is 5.69 Å². The van der Waals surface area contributed by atoms with E-state index in [1.807, 2.05) is 24.4 Å². The molecule has 1 aromatic heterocycles. The predicted molar refractivity (Wildman–Crippen MR) is 88.8 cm³/mol. The molecule has 0 fully saturated rings. The van der Waals surface area contributed by atoms with Gasteiger partial charge in [-0.1, -0.05) is 17.7 Å². The topological polar surface area (TPSA) is 58.2 Å². The zero-order valence-corrected chi connectivity index (χ0v) is 14.4. The minimum atomic E-state index is -3.46. The summed E-state index contributed by atoms with van der Waals surface area (Å²) in [4.78, 5) is 0.283. The SMILES string of the molecule is CNS(=O)(=O)c1cc(NC(C)c2csc(Cl)c2)ccc1C. The minimum absolute atomic E-state index is 0.0431. The standard InChI is InChI=1S/C14H17ClN2O2S2/c1-9-4-5-12(7-13(9)21(18,19)16-3)17-10(2)11-6-14(15)20-8-11/h4-8,10,16-17H,1-3H3. The second-order valence-electron chi connectivity index (χ2n) is 4.74. The van der Waals surface area contributed by atoms with Crippen LogP contribution in [-0.2, 0) is 10.0 Å². The van der Waals surface area contributed by atoms with Crippen molar-refractivity contribution >= 4 is 38.6 Å². The molecule has 0 aliphatic rings. The van der Waals surface area contributed by atoms with Gasteiger partial charge in [0.05, 0.1) is 9.23 Å². The fourth-order valence-electron chi connectivity index (χ4n) is 1.97. The summed E-state index contributed by atoms with van der Waals surface area (Å²) in [6, 6.07) is 7.25. The third-order valence-electron chi connectivity index (χ3n) is 3.22. The maximum absolute atomic E-state index is 12.0. The van der Waals surface area contributed by atoms with E-state index in [1.165, 1.54) is 18.4 Å². The molecule has 21 heavy (non-hydrogen) atoms. The number of sulfonamides is 1. The van der Waals surface area contributed by atoms with Gasteiger partial charge in [-0.05, 0) is 55.6 Å². The number of hydrogen-bond acceptors (Lipinski definition) is 4. The van der Waals surface area contributed by atoms with Crippen LogP contribution in [0.15, 0.2) is 34.5 Å². The average molecular weight is 345 g/mol. The van der Waals surface area contributed by atoms with Crippen LogP contribution in [0, 0.1) is 6.92 Å². The van der Waals surface area contributed by atoms with Crippen molar-refractivity contribution in [1.29, 1.82) is 0 Å². The van der Waals surface area contributed by atoms with Crippen molar-refractivity contribution < 1.29 is 8.42 Å². The molecule has 0 saturated heterocycles. The van der Waals surface area contributed by atoms with Gasteiger partial charge in [-0.15, -0.1) is 11.3 Å². The Labute approximate surface area is 134 Å². The van der Waals surface area contributed by atoms with Gasteiger partial charge >= 0.3 is 0 Å². The molecule has 0 radical (unpaired) electrons. The maximum atomic E-state index is 12.0. The second-order valence-corrected chi connectivity index (χ2v) is 8.14. The zero-order valence-electron chi connectivity index (χ0n) is 12.0. The molecule has 0 spiro atoms. The van der Waals surface area contributed by atoms with E-state index < -0.39 is 10.0 Å². The first-order valence-electron chi connectivity index (χ1n) is 6.38. The first kappa shape index (κ1) is 16.3. The normalized spacial score (nSPS) is 13.1. The van der Waals surface area contributed by atoms with E-state index in [9.17, 15) is 8.42 Å². The van der Waals surface area contributed by atoms with Gasteiger partial charge in [0, 0.05) is 11.7 Å². The fourth-order valence-corrected chi connectivity index (χ4v) is 3.95. The van der Waals surface area contributed by atoms with Crippen LogP contribution in [0.25, 0.3) is 0 Å². The van der Waals surface area contributed by atoms with Crippen LogP contribution in [0.1, 0.15) is 24.1 Å². The smallest absolute Gasteiger partial charge is 0.240 e. The summed E-state index contributed by atoms with van der Waals surface area (Å²) in [5.74, 6) is 0. The molecule has 2 N–H and O–H groups in total. The Morgan fingerprint density at radius 2 is 2.00 bits per heavy atom. The highest BCUT2D eigenvalue weighted by Crippen LogP contribution is 2.28. The summed E-state index contributed by atoms with van der Waals surface area (Å²) in [5.41, 5.74) is 2.54. The molecule has 1 unspecified atom stereocenters. The molecule has 0 aliphatic heterocycles. The molecule has 2 aromatic rings. The van der Waals surface area contributed by atoms with Gasteiger partial charge in [0.1, 0.15) is 0 Å². The van der Waals surface area contributed by atoms with Gasteiger partial charge in [0.15, 0.2) is 0 Å². The van der Waals surface area contributed by atoms with E-state index in [1.54, 1.807) is 19.1 Å². The summed E-state index contributed by atoms with van der Waals surface area (Å²) in [6.07, 6.45) is 0. The van der Waals surface area contributed by atoms with Gasteiger partial charge in [-0.3, -0.25) is 0 Å². The maximum Gasteiger partial charge on any atom is 0.240 e. The Morgan fingerprint density at radius 3 is 2.57 bits per heavy atom. The number of halogens is 1. The average Bonchev–Trinajstić information content (AvgIpc) is 2.87. The molecule has 114 valence electrons. The van der Waals surface area contributed by atoms with Crippen molar-refractivity contribution in [2.24, 2.45) is 0 Å². The van der Waals surface area contributed by atoms with E-state index in [-0.39, 0.29) is 10.9 Å². The number of benzene rings is 1. The Morgan fingerprint density at radius 1 is 1.29 bits per heavy atom. The minimum Gasteiger partial charge on any atom is -0.378 e. The largest absolute Gasteiger partial charge is 0.378 e. The summed E-state index contributed by atoms with van der Waals surface area (Å²) >= 11 is 7.41. The number of aryl methyl sites for hydroxylation is 1. The van der Waals surface area contributed by atoms with Gasteiger partial charge in [-0.25, -0.2) is 13.1 Å². The Kier molecular flexibility index (Phi) is 4.93. The highest BCUT2D eigenvalue weighted by molar-refractivity contribution is 7.89. The number of thiophene rings is 1. The molecule has 0 amide bonds. The molecule has 1 atom stereocenters. The molecular formula is C14H17ClN2O2S2. The van der Waals surface area contributed by atoms with Crippen LogP contribution >= 0.6 is 22.9 Å². The van der Waals surface area contributed by atoms with Crippen molar-refractivity contribution in [3.63, 3.8) is 0 Å². The van der Waals surface area contributed by atoms with Crippen molar-refractivity contribution in [3.8, 4) is 0 Å². The monoisotopic (exact) mass is 344 g/mol. The number of anilines is 1. The van der Waals surface area contributed by atoms with Crippen LogP contribution in [-0.4, -0.2) is 15.5 Å². The highest BCUT2D eigenvalue weighted by Gasteiger charge is 2.16. The van der Waals surface area contributed by atoms with Crippen molar-refractivity contribution in [1.82, 2.24) is 4.72 Å². The van der Waals surface area contributed by atoms with E-state index in [0.717, 1.165) is 15.6 Å². The van der Waals surface area contributed by atoms with E-state index >= 15 is 0 Å². The predicted octanol–water partition coefficient (Wildman–Crippen LogP) is 3.79. The lowest BCUT2D eigenvalue weighted by Gasteiger charge is -2.16. The second kappa shape index (κ2) is 6.36. The van der Waals surface area contributed by atoms with Gasteiger partial charge in [-0.2, -0.15) is 0 Å². The highest BCUT2D eigenvalue weighted by atomic mass is 35.5. The summed E-state index contributed by atoms with van der Waals surface area (Å²) in [5, 5.41) is 5.28. The summed E-state index contributed by atoms with van der Waals surface area (Å²) in [7, 11) is -2.05. The quantitative estimate of drug-likeness (QED) is 0.867. The molecule has 1 aromatic carbocycles. The van der Waals surface area contributed by atoms with E-state index in [4.69, 9.17) is 11.6 Å². The van der Waals surface area contributed by atoms with Crippen molar-refractivity contribution in [3.05, 3.63) is 45.1 Å². The summed E-state index contributed by atoms with van der Waals surface area (Å²) < 4.78 is 27.0. The van der Waals surface area contributed by atoms with Gasteiger partial charge < -0.3 is 5.32 Å². The zero-order chi connectivity index (χ0) is 15.6.